The molecule has 9 aliphatic rings. The zero-order valence-electron chi connectivity index (χ0n) is 70.6. The largest absolute Gasteiger partial charge is 0.487 e. The summed E-state index contributed by atoms with van der Waals surface area (Å²) in [7, 11) is 0. The van der Waals surface area contributed by atoms with Crippen LogP contribution in [0.5, 0.6) is 17.2 Å². The van der Waals surface area contributed by atoms with Gasteiger partial charge in [0.25, 0.3) is 0 Å². The van der Waals surface area contributed by atoms with Crippen molar-refractivity contribution < 1.29 is 66.9 Å². The molecule has 5 atom stereocenters. The van der Waals surface area contributed by atoms with Crippen molar-refractivity contribution in [1.82, 2.24) is 59.3 Å². The summed E-state index contributed by atoms with van der Waals surface area (Å²) in [5.41, 5.74) is 8.94. The lowest BCUT2D eigenvalue weighted by Gasteiger charge is -2.43. The van der Waals surface area contributed by atoms with Gasteiger partial charge in [-0.05, 0) is 159 Å². The van der Waals surface area contributed by atoms with Crippen LogP contribution in [0.15, 0.2) is 164 Å². The molecule has 35 heteroatoms. The van der Waals surface area contributed by atoms with Gasteiger partial charge in [-0.25, -0.2) is 38.7 Å². The third-order valence-corrected chi connectivity index (χ3v) is 24.5. The predicted molar refractivity (Wildman–Crippen MR) is 469 cm³/mol. The highest BCUT2D eigenvalue weighted by Crippen LogP contribution is 2.38. The van der Waals surface area contributed by atoms with E-state index in [4.69, 9.17) is 33.5 Å². The lowest BCUT2D eigenvalue weighted by atomic mass is 10.1. The highest BCUT2D eigenvalue weighted by Gasteiger charge is 2.52. The van der Waals surface area contributed by atoms with Gasteiger partial charge in [-0.2, -0.15) is 15.8 Å². The normalized spacial score (nSPS) is 20.8. The molecule has 0 saturated carbocycles. The summed E-state index contributed by atoms with van der Waals surface area (Å²) in [6.45, 7) is 18.8. The Labute approximate surface area is 734 Å². The summed E-state index contributed by atoms with van der Waals surface area (Å²) < 4.78 is 62.7. The third kappa shape index (κ3) is 21.1. The number of hydrogen-bond acceptors (Lipinski definition) is 30. The highest BCUT2D eigenvalue weighted by molar-refractivity contribution is 5.79. The number of amides is 3. The number of nitriles is 3. The molecule has 18 rings (SSSR count). The number of carbonyl (C=O) groups is 3. The number of piperazine rings is 3. The van der Waals surface area contributed by atoms with E-state index in [2.05, 4.69) is 148 Å². The second-order valence-electron chi connectivity index (χ2n) is 32.8. The van der Waals surface area contributed by atoms with Crippen molar-refractivity contribution in [1.29, 1.82) is 15.8 Å². The molecular formula is C92H101F2N21O12. The Balaban J connectivity index is 0.000000140. The summed E-state index contributed by atoms with van der Waals surface area (Å²) in [4.78, 5) is 81.5. The standard InChI is InChI=1S/2C31H35N7O4.C30H31F2N7O4/c2*1-21-14-27(17-38(21)30(40)18-39)42-28-7-2-22(15-23(28)16-32)31-33-9-8-29(35-31)34-24-3-5-25(6-4-24)36-10-12-37(13-11-36)26-19-41-20-26;31-30(32)19-39(28(41)16-40)15-26(30)43-25-6-1-20(13-21(25)14-33)29-34-8-7-27(36-29)35-22-2-4-23(5-3-22)37-9-11-38(12-10-37)24-17-42-18-24/h2*2-9,15,21,26-27,39H,10-14,17-20H2,1H3,(H,33,34,35);1-8,13,24,26,40H,9-12,15-19H2,(H,34,35,36)/t2*21-,27?;/m10./s1. The van der Waals surface area contributed by atoms with Crippen LogP contribution < -0.4 is 44.9 Å². The van der Waals surface area contributed by atoms with Crippen LogP contribution >= 0.6 is 0 Å². The fraction of sp³-hybridized carbons (Fsp3) is 0.413. The van der Waals surface area contributed by atoms with Crippen molar-refractivity contribution in [2.45, 2.75) is 81.1 Å². The van der Waals surface area contributed by atoms with E-state index in [1.165, 1.54) is 23.5 Å². The lowest BCUT2D eigenvalue weighted by molar-refractivity contribution is -0.135. The molecule has 9 saturated heterocycles. The van der Waals surface area contributed by atoms with E-state index < -0.39 is 50.8 Å². The van der Waals surface area contributed by atoms with Crippen LogP contribution in [-0.4, -0.2) is 311 Å². The maximum absolute atomic E-state index is 14.5. The Morgan fingerprint density at radius 2 is 0.748 bits per heavy atom. The molecule has 0 aliphatic carbocycles. The Morgan fingerprint density at radius 3 is 1.04 bits per heavy atom. The number of likely N-dealkylation sites (tertiary alicyclic amines) is 3. The summed E-state index contributed by atoms with van der Waals surface area (Å²) in [6.07, 6.45) is 4.07. The first-order valence-electron chi connectivity index (χ1n) is 42.8. The van der Waals surface area contributed by atoms with Gasteiger partial charge in [0, 0.05) is 173 Å². The van der Waals surface area contributed by atoms with Crippen molar-refractivity contribution in [3.05, 3.63) is 181 Å². The maximum Gasteiger partial charge on any atom is 0.302 e. The van der Waals surface area contributed by atoms with E-state index in [0.717, 1.165) is 146 Å². The van der Waals surface area contributed by atoms with Crippen molar-refractivity contribution in [2.24, 2.45) is 0 Å². The van der Waals surface area contributed by atoms with Crippen LogP contribution in [0.25, 0.3) is 34.2 Å². The first kappa shape index (κ1) is 87.6. The first-order chi connectivity index (χ1) is 61.8. The highest BCUT2D eigenvalue weighted by atomic mass is 19.3. The van der Waals surface area contributed by atoms with E-state index >= 15 is 0 Å². The molecule has 0 radical (unpaired) electrons. The molecule has 3 unspecified atom stereocenters. The Bertz CT molecular complexity index is 5240. The fourth-order valence-electron chi connectivity index (χ4n) is 17.0. The maximum atomic E-state index is 14.5. The van der Waals surface area contributed by atoms with E-state index in [1.54, 1.807) is 64.8 Å². The lowest BCUT2D eigenvalue weighted by Crippen LogP contribution is -2.56. The fourth-order valence-corrected chi connectivity index (χ4v) is 17.0. The molecule has 33 nitrogen and oxygen atoms in total. The van der Waals surface area contributed by atoms with Gasteiger partial charge in [0.05, 0.1) is 101 Å². The number of anilines is 9. The van der Waals surface area contributed by atoms with Gasteiger partial charge < -0.3 is 89.1 Å². The van der Waals surface area contributed by atoms with E-state index in [1.807, 2.05) is 56.3 Å². The number of halogens is 2. The SMILES string of the molecule is C[C@@H]1CC(Oc2ccc(-c3nccc(Nc4ccc(N5CCN(C6COC6)CC5)cc4)n3)cc2C#N)CN1C(=O)CO.C[C@H]1CC(Oc2ccc(-c3nccc(Nc4ccc(N5CCN(C6COC6)CC5)cc4)n3)cc2C#N)CN1C(=O)CO.N#Cc1cc(-c2nccc(Nc3ccc(N4CCN(C5COC5)CC4)cc3)n2)ccc1OC1CN(C(=O)CO)CC1(F)F. The molecule has 0 spiro atoms. The van der Waals surface area contributed by atoms with Crippen LogP contribution in [0, 0.1) is 34.0 Å². The number of hydrogen-bond donors (Lipinski definition) is 6. The number of nitrogens with zero attached hydrogens (tertiary/aromatic N) is 18. The number of nitrogens with one attached hydrogen (secondary N) is 3. The van der Waals surface area contributed by atoms with Gasteiger partial charge in [-0.15, -0.1) is 0 Å². The number of carbonyl (C=O) groups excluding carboxylic acids is 3. The summed E-state index contributed by atoms with van der Waals surface area (Å²) >= 11 is 0. The summed E-state index contributed by atoms with van der Waals surface area (Å²) in [5.74, 6) is -0.761. The minimum atomic E-state index is -3.34. The molecule has 6 aromatic carbocycles. The van der Waals surface area contributed by atoms with E-state index in [9.17, 15) is 49.2 Å². The summed E-state index contributed by atoms with van der Waals surface area (Å²) in [6, 6.07) is 53.4. The molecule has 127 heavy (non-hydrogen) atoms. The Kier molecular flexibility index (Phi) is 27.7. The van der Waals surface area contributed by atoms with Crippen molar-refractivity contribution in [3.63, 3.8) is 0 Å². The molecular weight excluding hydrogens is 1630 g/mol. The smallest absolute Gasteiger partial charge is 0.302 e. The zero-order chi connectivity index (χ0) is 88.1. The minimum absolute atomic E-state index is 0.0274. The molecule has 3 amide bonds. The van der Waals surface area contributed by atoms with Crippen LogP contribution in [0.2, 0.25) is 0 Å². The summed E-state index contributed by atoms with van der Waals surface area (Å²) in [5, 5.41) is 66.8. The van der Waals surface area contributed by atoms with Crippen molar-refractivity contribution in [3.8, 4) is 69.6 Å². The first-order valence-corrected chi connectivity index (χ1v) is 42.8. The molecule has 9 fully saturated rings. The molecule has 9 aliphatic heterocycles. The van der Waals surface area contributed by atoms with Gasteiger partial charge in [-0.3, -0.25) is 29.1 Å². The quantitative estimate of drug-likeness (QED) is 0.0336. The number of benzene rings is 6. The number of alkyl halides is 2. The van der Waals surface area contributed by atoms with Crippen LogP contribution in [0.3, 0.4) is 0 Å². The van der Waals surface area contributed by atoms with Crippen molar-refractivity contribution in [2.75, 3.05) is 195 Å². The number of aromatic nitrogens is 6. The number of rotatable bonds is 24. The van der Waals surface area contributed by atoms with E-state index in [-0.39, 0.29) is 47.4 Å². The minimum Gasteiger partial charge on any atom is -0.487 e. The second kappa shape index (κ2) is 40.2. The van der Waals surface area contributed by atoms with Gasteiger partial charge >= 0.3 is 5.92 Å². The van der Waals surface area contributed by atoms with E-state index in [0.29, 0.717) is 118 Å². The zero-order valence-corrected chi connectivity index (χ0v) is 70.6. The molecule has 9 aromatic rings. The second-order valence-corrected chi connectivity index (χ2v) is 32.8. The van der Waals surface area contributed by atoms with Gasteiger partial charge in [-0.1, -0.05) is 0 Å². The van der Waals surface area contributed by atoms with Crippen LogP contribution in [0.1, 0.15) is 43.4 Å². The average Bonchev–Trinajstić information content (AvgIpc) is 1.63. The van der Waals surface area contributed by atoms with Gasteiger partial charge in [0.1, 0.15) is 84.9 Å². The number of aliphatic hydroxyl groups excluding tert-OH is 3. The third-order valence-electron chi connectivity index (χ3n) is 24.5. The molecule has 0 bridgehead atoms. The van der Waals surface area contributed by atoms with Gasteiger partial charge in [0.15, 0.2) is 23.6 Å². The number of ether oxygens (including phenoxy) is 6. The molecule has 3 aromatic heterocycles. The molecule has 6 N–H and O–H groups in total. The molecule has 12 heterocycles. The Morgan fingerprint density at radius 1 is 0.433 bits per heavy atom. The average molecular weight is 1730 g/mol. The van der Waals surface area contributed by atoms with Crippen LogP contribution in [0.4, 0.5) is 60.4 Å². The number of aliphatic hydroxyl groups is 3. The van der Waals surface area contributed by atoms with Crippen LogP contribution in [-0.2, 0) is 28.6 Å². The van der Waals surface area contributed by atoms with Gasteiger partial charge in [0.2, 0.25) is 17.7 Å². The monoisotopic (exact) mass is 1730 g/mol. The predicted octanol–water partition coefficient (Wildman–Crippen LogP) is 7.78. The van der Waals surface area contributed by atoms with Crippen molar-refractivity contribution >= 4 is 69.3 Å². The topological polar surface area (TPSA) is 381 Å². The Hall–Kier alpha value is -12.9. The molecule has 660 valence electrons.